The molecule has 36 heavy (non-hydrogen) atoms. The number of rotatable bonds is 13. The molecule has 3 aromatic carbocycles. The van der Waals surface area contributed by atoms with E-state index in [2.05, 4.69) is 5.32 Å². The Bertz CT molecular complexity index is 1110. The van der Waals surface area contributed by atoms with Crippen molar-refractivity contribution in [3.8, 4) is 28.7 Å². The van der Waals surface area contributed by atoms with Crippen LogP contribution in [-0.2, 0) is 24.2 Å². The molecule has 192 valence electrons. The van der Waals surface area contributed by atoms with E-state index in [0.29, 0.717) is 54.6 Å². The van der Waals surface area contributed by atoms with Crippen molar-refractivity contribution >= 4 is 5.91 Å². The summed E-state index contributed by atoms with van der Waals surface area (Å²) in [6.07, 6.45) is 1.57. The van der Waals surface area contributed by atoms with Crippen molar-refractivity contribution in [3.63, 3.8) is 0 Å². The zero-order chi connectivity index (χ0) is 25.9. The summed E-state index contributed by atoms with van der Waals surface area (Å²) in [5.41, 5.74) is 3.07. The van der Waals surface area contributed by atoms with Gasteiger partial charge in [-0.05, 0) is 60.7 Å². The van der Waals surface area contributed by atoms with Crippen LogP contribution in [0.3, 0.4) is 0 Å². The maximum atomic E-state index is 12.6. The third-order valence-electron chi connectivity index (χ3n) is 5.78. The van der Waals surface area contributed by atoms with Crippen LogP contribution >= 0.6 is 0 Å². The van der Waals surface area contributed by atoms with Crippen molar-refractivity contribution in [2.75, 3.05) is 28.4 Å². The first-order chi connectivity index (χ1) is 17.5. The number of ether oxygens (including phenoxy) is 5. The van der Waals surface area contributed by atoms with Gasteiger partial charge in [-0.2, -0.15) is 0 Å². The maximum Gasteiger partial charge on any atom is 0.220 e. The van der Waals surface area contributed by atoms with E-state index < -0.39 is 0 Å². The molecular weight excluding hydrogens is 458 g/mol. The highest BCUT2D eigenvalue weighted by Crippen LogP contribution is 2.38. The minimum absolute atomic E-state index is 0.0222. The predicted molar refractivity (Wildman–Crippen MR) is 139 cm³/mol. The highest BCUT2D eigenvalue weighted by atomic mass is 16.5. The van der Waals surface area contributed by atoms with Gasteiger partial charge in [0.15, 0.2) is 23.0 Å². The highest BCUT2D eigenvalue weighted by molar-refractivity contribution is 5.76. The second-order valence-electron chi connectivity index (χ2n) is 8.47. The molecule has 0 aliphatic rings. The van der Waals surface area contributed by atoms with Gasteiger partial charge in [0.1, 0.15) is 6.61 Å². The quantitative estimate of drug-likeness (QED) is 0.362. The van der Waals surface area contributed by atoms with Gasteiger partial charge in [0.05, 0.1) is 28.4 Å². The molecule has 1 unspecified atom stereocenters. The number of nitrogens with one attached hydrogen (secondary N) is 1. The van der Waals surface area contributed by atoms with Crippen LogP contribution in [0.1, 0.15) is 30.0 Å². The van der Waals surface area contributed by atoms with Crippen LogP contribution in [0.15, 0.2) is 60.7 Å². The lowest BCUT2D eigenvalue weighted by Crippen LogP contribution is -2.34. The fourth-order valence-electron chi connectivity index (χ4n) is 3.98. The Balaban J connectivity index is 1.54. The van der Waals surface area contributed by atoms with Crippen LogP contribution < -0.4 is 29.0 Å². The largest absolute Gasteiger partial charge is 0.493 e. The average Bonchev–Trinajstić information content (AvgIpc) is 2.90. The highest BCUT2D eigenvalue weighted by Gasteiger charge is 2.15. The van der Waals surface area contributed by atoms with Crippen LogP contribution in [0.25, 0.3) is 0 Å². The summed E-state index contributed by atoms with van der Waals surface area (Å²) in [5.74, 6) is 3.02. The lowest BCUT2D eigenvalue weighted by atomic mass is 10.1. The topological polar surface area (TPSA) is 75.3 Å². The number of benzene rings is 3. The van der Waals surface area contributed by atoms with Crippen molar-refractivity contribution in [1.82, 2.24) is 5.32 Å². The fourth-order valence-corrected chi connectivity index (χ4v) is 3.98. The number of amides is 1. The maximum absolute atomic E-state index is 12.6. The van der Waals surface area contributed by atoms with E-state index in [0.717, 1.165) is 16.7 Å². The SMILES string of the molecule is COc1cc(CC(C)NC(=O)CCc2cc(OC)c(OC)c(OC)c2)ccc1OCc1ccccc1. The van der Waals surface area contributed by atoms with Gasteiger partial charge in [0, 0.05) is 12.5 Å². The molecule has 0 heterocycles. The fraction of sp³-hybridized carbons (Fsp3) is 0.345. The zero-order valence-corrected chi connectivity index (χ0v) is 21.6. The number of methoxy groups -OCH3 is 4. The van der Waals surface area contributed by atoms with Crippen LogP contribution in [-0.4, -0.2) is 40.4 Å². The second-order valence-corrected chi connectivity index (χ2v) is 8.47. The van der Waals surface area contributed by atoms with E-state index in [4.69, 9.17) is 23.7 Å². The Labute approximate surface area is 213 Å². The average molecular weight is 494 g/mol. The van der Waals surface area contributed by atoms with Crippen LogP contribution in [0.2, 0.25) is 0 Å². The number of hydrogen-bond donors (Lipinski definition) is 1. The summed E-state index contributed by atoms with van der Waals surface area (Å²) >= 11 is 0. The molecule has 0 radical (unpaired) electrons. The Morgan fingerprint density at radius 2 is 1.39 bits per heavy atom. The van der Waals surface area contributed by atoms with Crippen molar-refractivity contribution in [2.24, 2.45) is 0 Å². The third kappa shape index (κ3) is 7.31. The summed E-state index contributed by atoms with van der Waals surface area (Å²) in [7, 11) is 6.34. The Morgan fingerprint density at radius 1 is 0.750 bits per heavy atom. The molecule has 1 amide bonds. The van der Waals surface area contributed by atoms with Gasteiger partial charge in [0.2, 0.25) is 11.7 Å². The van der Waals surface area contributed by atoms with Gasteiger partial charge in [0.25, 0.3) is 0 Å². The number of carbonyl (C=O) groups is 1. The predicted octanol–water partition coefficient (Wildman–Crippen LogP) is 4.98. The minimum Gasteiger partial charge on any atom is -0.493 e. The Morgan fingerprint density at radius 3 is 2.00 bits per heavy atom. The van der Waals surface area contributed by atoms with E-state index in [1.165, 1.54) is 0 Å². The molecule has 0 bridgehead atoms. The zero-order valence-electron chi connectivity index (χ0n) is 21.6. The molecule has 0 saturated carbocycles. The van der Waals surface area contributed by atoms with Gasteiger partial charge in [-0.1, -0.05) is 36.4 Å². The summed E-state index contributed by atoms with van der Waals surface area (Å²) in [4.78, 5) is 12.6. The van der Waals surface area contributed by atoms with Gasteiger partial charge in [-0.3, -0.25) is 4.79 Å². The van der Waals surface area contributed by atoms with Gasteiger partial charge < -0.3 is 29.0 Å². The monoisotopic (exact) mass is 493 g/mol. The van der Waals surface area contributed by atoms with Gasteiger partial charge in [-0.15, -0.1) is 0 Å². The Hall–Kier alpha value is -3.87. The van der Waals surface area contributed by atoms with Crippen LogP contribution in [0, 0.1) is 0 Å². The number of carbonyl (C=O) groups excluding carboxylic acids is 1. The summed E-state index contributed by atoms with van der Waals surface area (Å²) < 4.78 is 27.6. The molecule has 0 fully saturated rings. The lowest BCUT2D eigenvalue weighted by molar-refractivity contribution is -0.121. The molecule has 3 rings (SSSR count). The molecule has 0 aliphatic carbocycles. The van der Waals surface area contributed by atoms with E-state index in [1.807, 2.05) is 67.6 Å². The molecule has 0 saturated heterocycles. The minimum atomic E-state index is -0.0433. The van der Waals surface area contributed by atoms with Crippen molar-refractivity contribution in [2.45, 2.75) is 38.8 Å². The molecular formula is C29H35NO6. The standard InChI is InChI=1S/C29H35NO6/c1-20(30-28(31)14-12-23-17-26(33-3)29(35-5)27(18-23)34-4)15-22-11-13-24(25(16-22)32-2)36-19-21-9-7-6-8-10-21/h6-11,13,16-18,20H,12,14-15,19H2,1-5H3,(H,30,31). The van der Waals surface area contributed by atoms with E-state index in [-0.39, 0.29) is 11.9 Å². The number of aryl methyl sites for hydroxylation is 1. The molecule has 3 aromatic rings. The van der Waals surface area contributed by atoms with Crippen LogP contribution in [0.4, 0.5) is 0 Å². The summed E-state index contributed by atoms with van der Waals surface area (Å²) in [6, 6.07) is 19.6. The van der Waals surface area contributed by atoms with Gasteiger partial charge >= 0.3 is 0 Å². The van der Waals surface area contributed by atoms with Crippen LogP contribution in [0.5, 0.6) is 28.7 Å². The van der Waals surface area contributed by atoms with E-state index in [9.17, 15) is 4.79 Å². The lowest BCUT2D eigenvalue weighted by Gasteiger charge is -2.17. The van der Waals surface area contributed by atoms with Crippen molar-refractivity contribution in [1.29, 1.82) is 0 Å². The molecule has 0 spiro atoms. The summed E-state index contributed by atoms with van der Waals surface area (Å²) in [6.45, 7) is 2.46. The first-order valence-electron chi connectivity index (χ1n) is 11.9. The first kappa shape index (κ1) is 26.7. The first-order valence-corrected chi connectivity index (χ1v) is 11.9. The van der Waals surface area contributed by atoms with E-state index in [1.54, 1.807) is 28.4 Å². The number of hydrogen-bond acceptors (Lipinski definition) is 6. The van der Waals surface area contributed by atoms with Crippen molar-refractivity contribution < 1.29 is 28.5 Å². The van der Waals surface area contributed by atoms with E-state index >= 15 is 0 Å². The molecule has 1 N–H and O–H groups in total. The smallest absolute Gasteiger partial charge is 0.220 e. The third-order valence-corrected chi connectivity index (χ3v) is 5.78. The second kappa shape index (κ2) is 13.3. The molecule has 1 atom stereocenters. The molecule has 7 nitrogen and oxygen atoms in total. The molecule has 7 heteroatoms. The normalized spacial score (nSPS) is 11.4. The van der Waals surface area contributed by atoms with Gasteiger partial charge in [-0.25, -0.2) is 0 Å². The molecule has 0 aliphatic heterocycles. The summed E-state index contributed by atoms with van der Waals surface area (Å²) in [5, 5.41) is 3.08. The Kier molecular flexibility index (Phi) is 9.86. The van der Waals surface area contributed by atoms with Crippen molar-refractivity contribution in [3.05, 3.63) is 77.4 Å². The molecule has 0 aromatic heterocycles.